The maximum absolute atomic E-state index is 12.9. The maximum atomic E-state index is 12.9. The predicted octanol–water partition coefficient (Wildman–Crippen LogP) is 2.30. The Labute approximate surface area is 156 Å². The Kier molecular flexibility index (Phi) is 4.91. The molecular formula is C20H20N6O. The number of hydrogen-bond donors (Lipinski definition) is 2. The zero-order valence-corrected chi connectivity index (χ0v) is 14.7. The van der Waals surface area contributed by atoms with Crippen LogP contribution in [0.2, 0.25) is 0 Å². The van der Waals surface area contributed by atoms with E-state index in [4.69, 9.17) is 0 Å². The molecule has 1 amide bonds. The fourth-order valence-electron chi connectivity index (χ4n) is 3.26. The second kappa shape index (κ2) is 7.82. The molecule has 2 heterocycles. The minimum absolute atomic E-state index is 0.0310. The van der Waals surface area contributed by atoms with Crippen LogP contribution in [0.1, 0.15) is 17.0 Å². The van der Waals surface area contributed by atoms with Crippen LogP contribution in [0.25, 0.3) is 10.9 Å². The summed E-state index contributed by atoms with van der Waals surface area (Å²) >= 11 is 0. The summed E-state index contributed by atoms with van der Waals surface area (Å²) in [4.78, 5) is 16.1. The van der Waals surface area contributed by atoms with Crippen LogP contribution in [0.4, 0.5) is 0 Å². The van der Waals surface area contributed by atoms with Crippen LogP contribution in [0.5, 0.6) is 0 Å². The molecule has 2 aromatic heterocycles. The first-order chi connectivity index (χ1) is 13.3. The number of carbonyl (C=O) groups is 1. The number of carbonyl (C=O) groups excluding carboxylic acids is 1. The van der Waals surface area contributed by atoms with Gasteiger partial charge in [-0.3, -0.25) is 4.79 Å². The number of tetrazole rings is 1. The standard InChI is InChI=1S/C20H20N6O/c27-20(21-11-10-16-12-22-19-9-5-4-8-17(16)19)18(13-26-14-23-24-25-26)15-6-2-1-3-7-15/h1-9,12,14,18,22H,10-11,13H2,(H,21,27)/t18-/m0/s1. The van der Waals surface area contributed by atoms with Crippen LogP contribution in [0.15, 0.2) is 67.1 Å². The third kappa shape index (κ3) is 3.87. The fraction of sp³-hybridized carbons (Fsp3) is 0.200. The number of benzene rings is 2. The molecule has 27 heavy (non-hydrogen) atoms. The first kappa shape index (κ1) is 17.0. The van der Waals surface area contributed by atoms with Gasteiger partial charge in [0, 0.05) is 23.6 Å². The Bertz CT molecular complexity index is 1010. The van der Waals surface area contributed by atoms with Gasteiger partial charge in [0.25, 0.3) is 0 Å². The van der Waals surface area contributed by atoms with Crippen LogP contribution in [-0.4, -0.2) is 37.6 Å². The quantitative estimate of drug-likeness (QED) is 0.529. The summed E-state index contributed by atoms with van der Waals surface area (Å²) in [7, 11) is 0. The van der Waals surface area contributed by atoms with E-state index in [0.717, 1.165) is 17.5 Å². The van der Waals surface area contributed by atoms with Gasteiger partial charge in [-0.05, 0) is 34.0 Å². The first-order valence-electron chi connectivity index (χ1n) is 8.89. The molecule has 136 valence electrons. The topological polar surface area (TPSA) is 88.5 Å². The number of hydrogen-bond acceptors (Lipinski definition) is 4. The second-order valence-electron chi connectivity index (χ2n) is 6.40. The molecule has 1 atom stereocenters. The van der Waals surface area contributed by atoms with Gasteiger partial charge in [-0.15, -0.1) is 5.10 Å². The van der Waals surface area contributed by atoms with Gasteiger partial charge in [-0.1, -0.05) is 48.5 Å². The summed E-state index contributed by atoms with van der Waals surface area (Å²) in [5.74, 6) is -0.380. The Hall–Kier alpha value is -3.48. The van der Waals surface area contributed by atoms with E-state index in [1.807, 2.05) is 48.7 Å². The van der Waals surface area contributed by atoms with E-state index in [-0.39, 0.29) is 11.8 Å². The molecule has 4 aromatic rings. The summed E-state index contributed by atoms with van der Waals surface area (Å²) < 4.78 is 1.58. The van der Waals surface area contributed by atoms with E-state index in [9.17, 15) is 4.79 Å². The van der Waals surface area contributed by atoms with Crippen LogP contribution < -0.4 is 5.32 Å². The van der Waals surface area contributed by atoms with Gasteiger partial charge >= 0.3 is 0 Å². The minimum Gasteiger partial charge on any atom is -0.361 e. The van der Waals surface area contributed by atoms with Crippen molar-refractivity contribution in [2.45, 2.75) is 18.9 Å². The lowest BCUT2D eigenvalue weighted by Gasteiger charge is -2.17. The molecule has 0 aliphatic heterocycles. The molecule has 7 nitrogen and oxygen atoms in total. The number of H-pyrrole nitrogens is 1. The molecule has 0 saturated heterocycles. The van der Waals surface area contributed by atoms with Crippen molar-refractivity contribution in [3.8, 4) is 0 Å². The lowest BCUT2D eigenvalue weighted by atomic mass is 9.98. The van der Waals surface area contributed by atoms with Gasteiger partial charge < -0.3 is 10.3 Å². The van der Waals surface area contributed by atoms with E-state index in [0.29, 0.717) is 13.1 Å². The summed E-state index contributed by atoms with van der Waals surface area (Å²) in [6, 6.07) is 17.9. The van der Waals surface area contributed by atoms with Crippen molar-refractivity contribution < 1.29 is 4.79 Å². The SMILES string of the molecule is O=C(NCCc1c[nH]c2ccccc12)[C@@H](Cn1cnnn1)c1ccccc1. The van der Waals surface area contributed by atoms with Gasteiger partial charge in [0.15, 0.2) is 0 Å². The summed E-state index contributed by atoms with van der Waals surface area (Å²) in [5.41, 5.74) is 3.25. The monoisotopic (exact) mass is 360 g/mol. The van der Waals surface area contributed by atoms with Crippen molar-refractivity contribution in [3.05, 3.63) is 78.2 Å². The second-order valence-corrected chi connectivity index (χ2v) is 6.40. The third-order valence-electron chi connectivity index (χ3n) is 4.65. The zero-order valence-electron chi connectivity index (χ0n) is 14.7. The number of aromatic amines is 1. The van der Waals surface area contributed by atoms with Crippen molar-refractivity contribution >= 4 is 16.8 Å². The molecule has 7 heteroatoms. The largest absolute Gasteiger partial charge is 0.361 e. The molecule has 2 N–H and O–H groups in total. The highest BCUT2D eigenvalue weighted by Gasteiger charge is 2.21. The van der Waals surface area contributed by atoms with Gasteiger partial charge in [0.1, 0.15) is 6.33 Å². The number of para-hydroxylation sites is 1. The number of rotatable bonds is 7. The number of aromatic nitrogens is 5. The van der Waals surface area contributed by atoms with Crippen molar-refractivity contribution in [1.29, 1.82) is 0 Å². The van der Waals surface area contributed by atoms with Crippen LogP contribution >= 0.6 is 0 Å². The Morgan fingerprint density at radius 1 is 1.11 bits per heavy atom. The molecule has 0 aliphatic rings. The van der Waals surface area contributed by atoms with E-state index in [1.54, 1.807) is 4.68 Å². The molecule has 0 bridgehead atoms. The normalized spacial score (nSPS) is 12.1. The Balaban J connectivity index is 1.43. The van der Waals surface area contributed by atoms with Crippen LogP contribution in [0, 0.1) is 0 Å². The number of fused-ring (bicyclic) bond motifs is 1. The molecule has 0 radical (unpaired) electrons. The molecule has 0 unspecified atom stereocenters. The van der Waals surface area contributed by atoms with Gasteiger partial charge in [0.05, 0.1) is 12.5 Å². The van der Waals surface area contributed by atoms with Crippen molar-refractivity contribution in [1.82, 2.24) is 30.5 Å². The predicted molar refractivity (Wildman–Crippen MR) is 102 cm³/mol. The maximum Gasteiger partial charge on any atom is 0.229 e. The minimum atomic E-state index is -0.349. The first-order valence-corrected chi connectivity index (χ1v) is 8.89. The van der Waals surface area contributed by atoms with E-state index >= 15 is 0 Å². The van der Waals surface area contributed by atoms with Crippen LogP contribution in [-0.2, 0) is 17.8 Å². The third-order valence-corrected chi connectivity index (χ3v) is 4.65. The summed E-state index contributed by atoms with van der Waals surface area (Å²) in [5, 5.41) is 15.4. The lowest BCUT2D eigenvalue weighted by Crippen LogP contribution is -2.33. The van der Waals surface area contributed by atoms with Crippen molar-refractivity contribution in [2.24, 2.45) is 0 Å². The molecule has 4 rings (SSSR count). The Morgan fingerprint density at radius 2 is 1.93 bits per heavy atom. The highest BCUT2D eigenvalue weighted by molar-refractivity contribution is 5.84. The highest BCUT2D eigenvalue weighted by atomic mass is 16.1. The fourth-order valence-corrected chi connectivity index (χ4v) is 3.26. The van der Waals surface area contributed by atoms with Crippen LogP contribution in [0.3, 0.4) is 0 Å². The zero-order chi connectivity index (χ0) is 18.5. The van der Waals surface area contributed by atoms with Gasteiger partial charge in [0.2, 0.25) is 5.91 Å². The average molecular weight is 360 g/mol. The van der Waals surface area contributed by atoms with Gasteiger partial charge in [-0.25, -0.2) is 4.68 Å². The van der Waals surface area contributed by atoms with Crippen molar-refractivity contribution in [2.75, 3.05) is 6.54 Å². The summed E-state index contributed by atoms with van der Waals surface area (Å²) in [6.07, 6.45) is 4.30. The van der Waals surface area contributed by atoms with Gasteiger partial charge in [-0.2, -0.15) is 0 Å². The van der Waals surface area contributed by atoms with E-state index in [2.05, 4.69) is 38.0 Å². The molecule has 0 spiro atoms. The molecule has 0 fully saturated rings. The highest BCUT2D eigenvalue weighted by Crippen LogP contribution is 2.19. The number of nitrogens with one attached hydrogen (secondary N) is 2. The smallest absolute Gasteiger partial charge is 0.229 e. The lowest BCUT2D eigenvalue weighted by molar-refractivity contribution is -0.122. The van der Waals surface area contributed by atoms with E-state index < -0.39 is 0 Å². The number of nitrogens with zero attached hydrogens (tertiary/aromatic N) is 4. The number of amides is 1. The summed E-state index contributed by atoms with van der Waals surface area (Å²) in [6.45, 7) is 0.968. The molecule has 0 saturated carbocycles. The Morgan fingerprint density at radius 3 is 2.74 bits per heavy atom. The molecular weight excluding hydrogens is 340 g/mol. The average Bonchev–Trinajstić information content (AvgIpc) is 3.37. The molecule has 0 aliphatic carbocycles. The molecule has 2 aromatic carbocycles. The van der Waals surface area contributed by atoms with Crippen molar-refractivity contribution in [3.63, 3.8) is 0 Å². The van der Waals surface area contributed by atoms with E-state index in [1.165, 1.54) is 17.3 Å².